The Balaban J connectivity index is 1.47. The molecule has 0 radical (unpaired) electrons. The van der Waals surface area contributed by atoms with Gasteiger partial charge in [0.1, 0.15) is 22.6 Å². The summed E-state index contributed by atoms with van der Waals surface area (Å²) in [6.45, 7) is 3.89. The third-order valence-corrected chi connectivity index (χ3v) is 6.29. The molecular formula is C22H21N5OS. The van der Waals surface area contributed by atoms with Gasteiger partial charge in [0.2, 0.25) is 0 Å². The lowest BCUT2D eigenvalue weighted by Gasteiger charge is -2.18. The summed E-state index contributed by atoms with van der Waals surface area (Å²) < 4.78 is 12.8. The van der Waals surface area contributed by atoms with Gasteiger partial charge in [0, 0.05) is 42.5 Å². The largest absolute Gasteiger partial charge is 0.491 e. The number of imidazole rings is 1. The topological polar surface area (TPSA) is 56.1 Å². The number of benzene rings is 2. The van der Waals surface area contributed by atoms with E-state index in [0.29, 0.717) is 0 Å². The molecule has 2 aliphatic heterocycles. The molecule has 0 aliphatic carbocycles. The van der Waals surface area contributed by atoms with E-state index in [9.17, 15) is 0 Å². The maximum absolute atomic E-state index is 6.14. The van der Waals surface area contributed by atoms with Crippen LogP contribution in [0.5, 0.6) is 5.75 Å². The first-order valence-corrected chi connectivity index (χ1v) is 11.0. The fourth-order valence-corrected chi connectivity index (χ4v) is 4.84. The van der Waals surface area contributed by atoms with Crippen molar-refractivity contribution in [3.05, 3.63) is 41.9 Å². The van der Waals surface area contributed by atoms with Crippen LogP contribution in [0.15, 0.2) is 41.9 Å². The van der Waals surface area contributed by atoms with Crippen molar-refractivity contribution in [3.8, 4) is 28.5 Å². The van der Waals surface area contributed by atoms with E-state index >= 15 is 0 Å². The molecule has 0 unspecified atom stereocenters. The van der Waals surface area contributed by atoms with Crippen LogP contribution < -0.4 is 9.64 Å². The van der Waals surface area contributed by atoms with Gasteiger partial charge in [-0.15, -0.1) is 0 Å². The second kappa shape index (κ2) is 6.84. The molecule has 7 heteroatoms. The molecule has 0 spiro atoms. The highest BCUT2D eigenvalue weighted by Crippen LogP contribution is 2.37. The van der Waals surface area contributed by atoms with E-state index < -0.39 is 0 Å². The number of hydrogen-bond acceptors (Lipinski definition) is 6. The fourth-order valence-electron chi connectivity index (χ4n) is 4.39. The summed E-state index contributed by atoms with van der Waals surface area (Å²) in [6, 6.07) is 12.8. The number of aromatic nitrogens is 4. The Morgan fingerprint density at radius 1 is 0.931 bits per heavy atom. The summed E-state index contributed by atoms with van der Waals surface area (Å²) in [6.07, 6.45) is 3.50. The monoisotopic (exact) mass is 403 g/mol. The molecule has 0 bridgehead atoms. The van der Waals surface area contributed by atoms with Crippen molar-refractivity contribution in [1.82, 2.24) is 18.9 Å². The molecule has 0 saturated carbocycles. The molecule has 1 fully saturated rings. The van der Waals surface area contributed by atoms with Crippen LogP contribution in [0.1, 0.15) is 19.3 Å². The SMILES string of the molecule is c1nc(-c2ccc(-c3nc4cc(N5CCCC5)cc5c4n3CCCO5)cc2)ns1. The highest BCUT2D eigenvalue weighted by molar-refractivity contribution is 7.03. The van der Waals surface area contributed by atoms with Gasteiger partial charge in [0.15, 0.2) is 5.82 Å². The minimum atomic E-state index is 0.744. The molecule has 2 aromatic carbocycles. The molecule has 146 valence electrons. The molecule has 2 aliphatic rings. The molecule has 6 nitrogen and oxygen atoms in total. The minimum Gasteiger partial charge on any atom is -0.491 e. The molecule has 1 saturated heterocycles. The Morgan fingerprint density at radius 3 is 2.55 bits per heavy atom. The molecular weight excluding hydrogens is 382 g/mol. The van der Waals surface area contributed by atoms with Crippen molar-refractivity contribution in [2.75, 3.05) is 24.6 Å². The third kappa shape index (κ3) is 2.88. The maximum Gasteiger partial charge on any atom is 0.172 e. The number of rotatable bonds is 3. The molecule has 0 amide bonds. The average molecular weight is 404 g/mol. The Labute approximate surface area is 173 Å². The second-order valence-corrected chi connectivity index (χ2v) is 8.23. The Kier molecular flexibility index (Phi) is 4.01. The summed E-state index contributed by atoms with van der Waals surface area (Å²) in [5, 5.41) is 0. The summed E-state index contributed by atoms with van der Waals surface area (Å²) in [4.78, 5) is 11.8. The predicted molar refractivity (Wildman–Crippen MR) is 116 cm³/mol. The van der Waals surface area contributed by atoms with E-state index in [1.807, 2.05) is 0 Å². The predicted octanol–water partition coefficient (Wildman–Crippen LogP) is 4.60. The molecule has 0 N–H and O–H groups in total. The molecule has 6 rings (SSSR count). The van der Waals surface area contributed by atoms with E-state index in [1.165, 1.54) is 30.1 Å². The van der Waals surface area contributed by atoms with Crippen molar-refractivity contribution in [1.29, 1.82) is 0 Å². The van der Waals surface area contributed by atoms with Crippen LogP contribution in [0.2, 0.25) is 0 Å². The summed E-state index contributed by atoms with van der Waals surface area (Å²) >= 11 is 1.37. The van der Waals surface area contributed by atoms with Crippen molar-refractivity contribution < 1.29 is 4.74 Å². The number of ether oxygens (including phenoxy) is 1. The zero-order valence-corrected chi connectivity index (χ0v) is 16.9. The summed E-state index contributed by atoms with van der Waals surface area (Å²) in [5.41, 5.74) is 7.26. The van der Waals surface area contributed by atoms with Gasteiger partial charge in [-0.05, 0) is 36.9 Å². The van der Waals surface area contributed by atoms with Crippen molar-refractivity contribution >= 4 is 28.3 Å². The van der Waals surface area contributed by atoms with E-state index in [4.69, 9.17) is 9.72 Å². The van der Waals surface area contributed by atoms with Crippen LogP contribution in [-0.4, -0.2) is 38.6 Å². The highest BCUT2D eigenvalue weighted by Gasteiger charge is 2.22. The van der Waals surface area contributed by atoms with Gasteiger partial charge in [-0.2, -0.15) is 4.37 Å². The number of aryl methyl sites for hydroxylation is 1. The Bertz CT molecular complexity index is 1160. The molecule has 4 heterocycles. The molecule has 29 heavy (non-hydrogen) atoms. The summed E-state index contributed by atoms with van der Waals surface area (Å²) in [7, 11) is 0. The molecule has 0 atom stereocenters. The lowest BCUT2D eigenvalue weighted by Crippen LogP contribution is -2.17. The first kappa shape index (κ1) is 17.0. The van der Waals surface area contributed by atoms with E-state index in [0.717, 1.165) is 72.2 Å². The Morgan fingerprint density at radius 2 is 1.76 bits per heavy atom. The normalized spacial score (nSPS) is 16.2. The lowest BCUT2D eigenvalue weighted by atomic mass is 10.1. The standard InChI is InChI=1S/C22H21N5OS/c1-2-9-26(8-1)17-12-18-20-19(13-17)28-11-3-10-27(20)22(24-18)16-6-4-15(5-7-16)21-23-14-29-25-21/h4-7,12-14H,1-3,8-11H2. The first-order chi connectivity index (χ1) is 14.4. The van der Waals surface area contributed by atoms with E-state index in [2.05, 4.69) is 55.2 Å². The number of anilines is 1. The van der Waals surface area contributed by atoms with Gasteiger partial charge >= 0.3 is 0 Å². The van der Waals surface area contributed by atoms with Gasteiger partial charge in [-0.1, -0.05) is 24.3 Å². The van der Waals surface area contributed by atoms with Gasteiger partial charge in [-0.3, -0.25) is 0 Å². The smallest absolute Gasteiger partial charge is 0.172 e. The van der Waals surface area contributed by atoms with E-state index in [-0.39, 0.29) is 0 Å². The first-order valence-electron chi connectivity index (χ1n) is 10.2. The maximum atomic E-state index is 6.14. The van der Waals surface area contributed by atoms with Crippen molar-refractivity contribution in [3.63, 3.8) is 0 Å². The van der Waals surface area contributed by atoms with Crippen LogP contribution >= 0.6 is 11.5 Å². The highest BCUT2D eigenvalue weighted by atomic mass is 32.1. The average Bonchev–Trinajstić information content (AvgIpc) is 3.49. The zero-order valence-electron chi connectivity index (χ0n) is 16.0. The second-order valence-electron chi connectivity index (χ2n) is 7.63. The lowest BCUT2D eigenvalue weighted by molar-refractivity contribution is 0.316. The van der Waals surface area contributed by atoms with Crippen molar-refractivity contribution in [2.24, 2.45) is 0 Å². The van der Waals surface area contributed by atoms with Crippen LogP contribution in [0.3, 0.4) is 0 Å². The molecule has 4 aromatic rings. The fraction of sp³-hybridized carbons (Fsp3) is 0.318. The van der Waals surface area contributed by atoms with Crippen LogP contribution in [0.4, 0.5) is 5.69 Å². The van der Waals surface area contributed by atoms with Crippen LogP contribution in [0.25, 0.3) is 33.8 Å². The third-order valence-electron chi connectivity index (χ3n) is 5.81. The van der Waals surface area contributed by atoms with Gasteiger partial charge in [0.25, 0.3) is 0 Å². The van der Waals surface area contributed by atoms with Gasteiger partial charge in [0.05, 0.1) is 12.1 Å². The minimum absolute atomic E-state index is 0.744. The quantitative estimate of drug-likeness (QED) is 0.500. The van der Waals surface area contributed by atoms with E-state index in [1.54, 1.807) is 5.51 Å². The van der Waals surface area contributed by atoms with Gasteiger partial charge in [-0.25, -0.2) is 9.97 Å². The zero-order chi connectivity index (χ0) is 19.2. The number of hydrogen-bond donors (Lipinski definition) is 0. The van der Waals surface area contributed by atoms with Crippen LogP contribution in [-0.2, 0) is 6.54 Å². The summed E-state index contributed by atoms with van der Waals surface area (Å²) in [5.74, 6) is 2.74. The Hall–Kier alpha value is -2.93. The molecule has 2 aromatic heterocycles. The van der Waals surface area contributed by atoms with Gasteiger partial charge < -0.3 is 14.2 Å². The number of nitrogens with zero attached hydrogens (tertiary/aromatic N) is 5. The van der Waals surface area contributed by atoms with Crippen molar-refractivity contribution in [2.45, 2.75) is 25.8 Å². The van der Waals surface area contributed by atoms with Crippen LogP contribution in [0, 0.1) is 0 Å².